The van der Waals surface area contributed by atoms with Crippen molar-refractivity contribution in [3.8, 4) is 11.1 Å². The molecule has 6 heteroatoms. The van der Waals surface area contributed by atoms with Crippen LogP contribution in [0, 0.1) is 6.92 Å². The Labute approximate surface area is 145 Å². The van der Waals surface area contributed by atoms with Gasteiger partial charge in [-0.25, -0.2) is 4.98 Å². The molecule has 0 unspecified atom stereocenters. The van der Waals surface area contributed by atoms with Gasteiger partial charge in [0.05, 0.1) is 18.4 Å². The van der Waals surface area contributed by atoms with Crippen molar-refractivity contribution in [2.45, 2.75) is 13.5 Å². The highest BCUT2D eigenvalue weighted by atomic mass is 15.3. The van der Waals surface area contributed by atoms with E-state index < -0.39 is 0 Å². The number of aryl methyl sites for hydroxylation is 1. The third-order valence-corrected chi connectivity index (χ3v) is 3.97. The fourth-order valence-corrected chi connectivity index (χ4v) is 2.80. The number of anilines is 2. The average Bonchev–Trinajstić information content (AvgIpc) is 3.04. The molecule has 6 nitrogen and oxygen atoms in total. The van der Waals surface area contributed by atoms with Crippen molar-refractivity contribution in [3.63, 3.8) is 0 Å². The summed E-state index contributed by atoms with van der Waals surface area (Å²) in [6.07, 6.45) is 3.61. The standard InChI is InChI=1S/C19H18N6/c1-13-9-18(22-11-16-7-2-3-8-21-16)25-19(24-13)17(12-23-25)14-5-4-6-15(20)10-14/h2-10,12,22H,11,20H2,1H3. The second-order valence-electron chi connectivity index (χ2n) is 5.88. The Hall–Kier alpha value is -3.41. The highest BCUT2D eigenvalue weighted by molar-refractivity contribution is 5.79. The van der Waals surface area contributed by atoms with Gasteiger partial charge in [0.25, 0.3) is 0 Å². The number of fused-ring (bicyclic) bond motifs is 1. The molecule has 3 N–H and O–H groups in total. The highest BCUT2D eigenvalue weighted by Gasteiger charge is 2.12. The quantitative estimate of drug-likeness (QED) is 0.561. The van der Waals surface area contributed by atoms with Gasteiger partial charge in [0.15, 0.2) is 5.65 Å². The molecule has 0 aliphatic rings. The predicted molar refractivity (Wildman–Crippen MR) is 99.1 cm³/mol. The number of pyridine rings is 1. The minimum Gasteiger partial charge on any atom is -0.399 e. The molecule has 1 aromatic carbocycles. The molecule has 0 atom stereocenters. The normalized spacial score (nSPS) is 10.9. The number of hydrogen-bond donors (Lipinski definition) is 2. The highest BCUT2D eigenvalue weighted by Crippen LogP contribution is 2.27. The van der Waals surface area contributed by atoms with Crippen LogP contribution in [0.25, 0.3) is 16.8 Å². The maximum atomic E-state index is 5.91. The zero-order chi connectivity index (χ0) is 17.2. The largest absolute Gasteiger partial charge is 0.399 e. The summed E-state index contributed by atoms with van der Waals surface area (Å²) < 4.78 is 1.81. The van der Waals surface area contributed by atoms with E-state index in [4.69, 9.17) is 5.73 Å². The number of nitrogens with one attached hydrogen (secondary N) is 1. The molecule has 25 heavy (non-hydrogen) atoms. The third kappa shape index (κ3) is 3.01. The van der Waals surface area contributed by atoms with Crippen LogP contribution < -0.4 is 11.1 Å². The van der Waals surface area contributed by atoms with E-state index >= 15 is 0 Å². The van der Waals surface area contributed by atoms with E-state index in [0.717, 1.165) is 39.7 Å². The molecule has 4 rings (SSSR count). The molecule has 0 radical (unpaired) electrons. The van der Waals surface area contributed by atoms with Gasteiger partial charge in [0, 0.05) is 29.2 Å². The second-order valence-corrected chi connectivity index (χ2v) is 5.88. The molecular weight excluding hydrogens is 312 g/mol. The van der Waals surface area contributed by atoms with E-state index in [-0.39, 0.29) is 0 Å². The molecule has 124 valence electrons. The lowest BCUT2D eigenvalue weighted by atomic mass is 10.1. The summed E-state index contributed by atoms with van der Waals surface area (Å²) in [5.74, 6) is 0.878. The Morgan fingerprint density at radius 1 is 1.12 bits per heavy atom. The summed E-state index contributed by atoms with van der Waals surface area (Å²) in [6.45, 7) is 2.59. The number of hydrogen-bond acceptors (Lipinski definition) is 5. The van der Waals surface area contributed by atoms with Crippen LogP contribution in [0.2, 0.25) is 0 Å². The summed E-state index contributed by atoms with van der Waals surface area (Å²) in [6, 6.07) is 15.6. The van der Waals surface area contributed by atoms with E-state index in [1.807, 2.05) is 66.2 Å². The summed E-state index contributed by atoms with van der Waals surface area (Å²) in [4.78, 5) is 9.00. The van der Waals surface area contributed by atoms with Crippen molar-refractivity contribution >= 4 is 17.2 Å². The summed E-state index contributed by atoms with van der Waals surface area (Å²) in [7, 11) is 0. The van der Waals surface area contributed by atoms with Crippen molar-refractivity contribution in [2.75, 3.05) is 11.1 Å². The molecule has 0 fully saturated rings. The first-order valence-electron chi connectivity index (χ1n) is 8.06. The lowest BCUT2D eigenvalue weighted by molar-refractivity contribution is 0.909. The molecule has 3 aromatic heterocycles. The number of rotatable bonds is 4. The Balaban J connectivity index is 1.74. The Morgan fingerprint density at radius 3 is 2.84 bits per heavy atom. The number of nitrogens with zero attached hydrogens (tertiary/aromatic N) is 4. The van der Waals surface area contributed by atoms with Gasteiger partial charge in [-0.2, -0.15) is 9.61 Å². The molecule has 0 saturated carbocycles. The molecular formula is C19H18N6. The first-order chi connectivity index (χ1) is 12.2. The van der Waals surface area contributed by atoms with Gasteiger partial charge in [-0.3, -0.25) is 4.98 Å². The fraction of sp³-hybridized carbons (Fsp3) is 0.105. The van der Waals surface area contributed by atoms with Gasteiger partial charge < -0.3 is 11.1 Å². The Kier molecular flexibility index (Phi) is 3.78. The maximum absolute atomic E-state index is 5.91. The zero-order valence-electron chi connectivity index (χ0n) is 13.8. The van der Waals surface area contributed by atoms with Crippen LogP contribution in [0.4, 0.5) is 11.5 Å². The van der Waals surface area contributed by atoms with E-state index in [1.54, 1.807) is 6.20 Å². The van der Waals surface area contributed by atoms with Crippen LogP contribution in [-0.4, -0.2) is 19.6 Å². The van der Waals surface area contributed by atoms with Crippen LogP contribution in [-0.2, 0) is 6.54 Å². The van der Waals surface area contributed by atoms with Crippen molar-refractivity contribution in [3.05, 3.63) is 72.3 Å². The molecule has 0 saturated heterocycles. The fourth-order valence-electron chi connectivity index (χ4n) is 2.80. The van der Waals surface area contributed by atoms with Gasteiger partial charge in [-0.05, 0) is 36.8 Å². The first kappa shape index (κ1) is 15.1. The number of nitrogens with two attached hydrogens (primary N) is 1. The molecule has 0 bridgehead atoms. The van der Waals surface area contributed by atoms with Crippen LogP contribution in [0.5, 0.6) is 0 Å². The van der Waals surface area contributed by atoms with E-state index in [0.29, 0.717) is 6.54 Å². The summed E-state index contributed by atoms with van der Waals surface area (Å²) >= 11 is 0. The minimum atomic E-state index is 0.618. The number of benzene rings is 1. The van der Waals surface area contributed by atoms with Crippen LogP contribution in [0.1, 0.15) is 11.4 Å². The molecule has 0 amide bonds. The van der Waals surface area contributed by atoms with Gasteiger partial charge >= 0.3 is 0 Å². The SMILES string of the molecule is Cc1cc(NCc2ccccn2)n2ncc(-c3cccc(N)c3)c2n1. The van der Waals surface area contributed by atoms with Crippen molar-refractivity contribution in [2.24, 2.45) is 0 Å². The van der Waals surface area contributed by atoms with Crippen molar-refractivity contribution < 1.29 is 0 Å². The summed E-state index contributed by atoms with van der Waals surface area (Å²) in [5, 5.41) is 7.90. The third-order valence-electron chi connectivity index (χ3n) is 3.97. The second kappa shape index (κ2) is 6.24. The molecule has 0 aliphatic heterocycles. The zero-order valence-corrected chi connectivity index (χ0v) is 13.8. The van der Waals surface area contributed by atoms with E-state index in [9.17, 15) is 0 Å². The molecule has 0 spiro atoms. The van der Waals surface area contributed by atoms with Gasteiger partial charge in [-0.1, -0.05) is 18.2 Å². The maximum Gasteiger partial charge on any atom is 0.165 e. The smallest absolute Gasteiger partial charge is 0.165 e. The summed E-state index contributed by atoms with van der Waals surface area (Å²) in [5.41, 5.74) is 11.3. The van der Waals surface area contributed by atoms with Crippen LogP contribution in [0.3, 0.4) is 0 Å². The topological polar surface area (TPSA) is 81.1 Å². The van der Waals surface area contributed by atoms with Gasteiger partial charge in [-0.15, -0.1) is 0 Å². The van der Waals surface area contributed by atoms with Crippen molar-refractivity contribution in [1.82, 2.24) is 19.6 Å². The number of nitrogen functional groups attached to an aromatic ring is 1. The van der Waals surface area contributed by atoms with Gasteiger partial charge in [0.1, 0.15) is 5.82 Å². The number of aromatic nitrogens is 4. The lowest BCUT2D eigenvalue weighted by Crippen LogP contribution is -2.07. The monoisotopic (exact) mass is 330 g/mol. The first-order valence-corrected chi connectivity index (χ1v) is 8.06. The Bertz CT molecular complexity index is 1020. The molecule has 3 heterocycles. The predicted octanol–water partition coefficient (Wildman–Crippen LogP) is 3.29. The minimum absolute atomic E-state index is 0.618. The Morgan fingerprint density at radius 2 is 2.04 bits per heavy atom. The van der Waals surface area contributed by atoms with E-state index in [2.05, 4.69) is 20.4 Å². The van der Waals surface area contributed by atoms with Crippen LogP contribution in [0.15, 0.2) is 60.9 Å². The van der Waals surface area contributed by atoms with E-state index in [1.165, 1.54) is 0 Å². The molecule has 4 aromatic rings. The lowest BCUT2D eigenvalue weighted by Gasteiger charge is -2.09. The van der Waals surface area contributed by atoms with Crippen molar-refractivity contribution in [1.29, 1.82) is 0 Å². The average molecular weight is 330 g/mol. The van der Waals surface area contributed by atoms with Gasteiger partial charge in [0.2, 0.25) is 0 Å². The van der Waals surface area contributed by atoms with Crippen LogP contribution >= 0.6 is 0 Å². The molecule has 0 aliphatic carbocycles.